The van der Waals surface area contributed by atoms with Gasteiger partial charge < -0.3 is 14.9 Å². The van der Waals surface area contributed by atoms with Gasteiger partial charge in [-0.1, -0.05) is 23.4 Å². The van der Waals surface area contributed by atoms with Gasteiger partial charge in [-0.05, 0) is 31.9 Å². The molecule has 0 atom stereocenters. The average Bonchev–Trinajstić information content (AvgIpc) is 3.26. The van der Waals surface area contributed by atoms with E-state index in [4.69, 9.17) is 9.63 Å². The Labute approximate surface area is 160 Å². The summed E-state index contributed by atoms with van der Waals surface area (Å²) in [5.41, 5.74) is 3.58. The summed E-state index contributed by atoms with van der Waals surface area (Å²) in [5, 5.41) is 17.9. The Bertz CT molecular complexity index is 958. The number of carboxylic acids is 1. The van der Waals surface area contributed by atoms with Crippen molar-refractivity contribution in [3.05, 3.63) is 57.9 Å². The number of nitrogens with zero attached hydrogens (tertiary/aromatic N) is 2. The van der Waals surface area contributed by atoms with Crippen LogP contribution in [0.5, 0.6) is 0 Å². The Morgan fingerprint density at radius 2 is 2.11 bits per heavy atom. The summed E-state index contributed by atoms with van der Waals surface area (Å²) in [6, 6.07) is 7.54. The minimum Gasteiger partial charge on any atom is -0.476 e. The van der Waals surface area contributed by atoms with Crippen LogP contribution in [0.25, 0.3) is 10.6 Å². The van der Waals surface area contributed by atoms with Crippen molar-refractivity contribution < 1.29 is 19.2 Å². The van der Waals surface area contributed by atoms with Crippen LogP contribution in [0.1, 0.15) is 39.5 Å². The van der Waals surface area contributed by atoms with Gasteiger partial charge in [-0.25, -0.2) is 9.78 Å². The highest BCUT2D eigenvalue weighted by Crippen LogP contribution is 2.24. The van der Waals surface area contributed by atoms with E-state index in [9.17, 15) is 9.59 Å². The van der Waals surface area contributed by atoms with Crippen LogP contribution >= 0.6 is 11.3 Å². The van der Waals surface area contributed by atoms with Gasteiger partial charge in [0.25, 0.3) is 0 Å². The third-order valence-corrected chi connectivity index (χ3v) is 5.06. The van der Waals surface area contributed by atoms with Gasteiger partial charge in [0.2, 0.25) is 5.91 Å². The lowest BCUT2D eigenvalue weighted by molar-refractivity contribution is -0.121. The molecule has 3 rings (SSSR count). The third-order valence-electron chi connectivity index (χ3n) is 4.17. The monoisotopic (exact) mass is 385 g/mol. The van der Waals surface area contributed by atoms with Crippen molar-refractivity contribution in [2.24, 2.45) is 0 Å². The maximum Gasteiger partial charge on any atom is 0.355 e. The molecule has 8 heteroatoms. The molecule has 2 N–H and O–H groups in total. The normalized spacial score (nSPS) is 10.7. The predicted molar refractivity (Wildman–Crippen MR) is 101 cm³/mol. The van der Waals surface area contributed by atoms with E-state index in [-0.39, 0.29) is 11.6 Å². The number of carbonyl (C=O) groups is 2. The SMILES string of the molecule is Cc1noc(C)c1CCC(=O)NCc1cccc(-c2nc(C(=O)O)cs2)c1. The Morgan fingerprint density at radius 1 is 1.30 bits per heavy atom. The highest BCUT2D eigenvalue weighted by Gasteiger charge is 2.12. The van der Waals surface area contributed by atoms with E-state index in [0.29, 0.717) is 24.4 Å². The van der Waals surface area contributed by atoms with Crippen molar-refractivity contribution >= 4 is 23.2 Å². The number of carbonyl (C=O) groups excluding carboxylic acids is 1. The number of nitrogens with one attached hydrogen (secondary N) is 1. The van der Waals surface area contributed by atoms with Crippen molar-refractivity contribution in [1.82, 2.24) is 15.5 Å². The van der Waals surface area contributed by atoms with Gasteiger partial charge in [0.05, 0.1) is 5.69 Å². The maximum absolute atomic E-state index is 12.1. The highest BCUT2D eigenvalue weighted by molar-refractivity contribution is 7.13. The zero-order valence-electron chi connectivity index (χ0n) is 15.0. The number of benzene rings is 1. The second-order valence-electron chi connectivity index (χ2n) is 6.12. The first-order valence-electron chi connectivity index (χ1n) is 8.40. The summed E-state index contributed by atoms with van der Waals surface area (Å²) < 4.78 is 5.11. The van der Waals surface area contributed by atoms with Crippen LogP contribution in [0.2, 0.25) is 0 Å². The second-order valence-corrected chi connectivity index (χ2v) is 6.98. The third kappa shape index (κ3) is 4.59. The molecule has 1 aromatic carbocycles. The zero-order valence-corrected chi connectivity index (χ0v) is 15.8. The maximum atomic E-state index is 12.1. The molecule has 1 amide bonds. The van der Waals surface area contributed by atoms with E-state index in [2.05, 4.69) is 15.5 Å². The van der Waals surface area contributed by atoms with Gasteiger partial charge in [-0.2, -0.15) is 0 Å². The van der Waals surface area contributed by atoms with E-state index in [1.807, 2.05) is 38.1 Å². The molecule has 0 saturated carbocycles. The summed E-state index contributed by atoms with van der Waals surface area (Å²) in [4.78, 5) is 27.2. The number of aromatic nitrogens is 2. The smallest absolute Gasteiger partial charge is 0.355 e. The fraction of sp³-hybridized carbons (Fsp3) is 0.263. The van der Waals surface area contributed by atoms with Crippen molar-refractivity contribution in [3.63, 3.8) is 0 Å². The number of thiazole rings is 1. The van der Waals surface area contributed by atoms with Crippen LogP contribution < -0.4 is 5.32 Å². The molecule has 0 aliphatic rings. The van der Waals surface area contributed by atoms with Crippen molar-refractivity contribution in [2.75, 3.05) is 0 Å². The molecule has 0 radical (unpaired) electrons. The van der Waals surface area contributed by atoms with Gasteiger partial charge in [-0.15, -0.1) is 11.3 Å². The number of hydrogen-bond donors (Lipinski definition) is 2. The van der Waals surface area contributed by atoms with Gasteiger partial charge in [-0.3, -0.25) is 4.79 Å². The first-order valence-corrected chi connectivity index (χ1v) is 9.28. The van der Waals surface area contributed by atoms with Crippen molar-refractivity contribution in [2.45, 2.75) is 33.2 Å². The highest BCUT2D eigenvalue weighted by atomic mass is 32.1. The van der Waals surface area contributed by atoms with Crippen LogP contribution in [-0.4, -0.2) is 27.1 Å². The molecule has 2 aromatic heterocycles. The molecular weight excluding hydrogens is 366 g/mol. The van der Waals surface area contributed by atoms with Crippen LogP contribution in [0.15, 0.2) is 34.2 Å². The first-order chi connectivity index (χ1) is 12.9. The Morgan fingerprint density at radius 3 is 2.78 bits per heavy atom. The second kappa shape index (κ2) is 8.13. The minimum atomic E-state index is -1.04. The van der Waals surface area contributed by atoms with Crippen molar-refractivity contribution in [3.8, 4) is 10.6 Å². The molecule has 0 aliphatic heterocycles. The zero-order chi connectivity index (χ0) is 19.4. The van der Waals surface area contributed by atoms with Gasteiger partial charge in [0.15, 0.2) is 5.69 Å². The minimum absolute atomic E-state index is 0.0352. The molecule has 7 nitrogen and oxygen atoms in total. The molecule has 27 heavy (non-hydrogen) atoms. The molecule has 3 aromatic rings. The fourth-order valence-corrected chi connectivity index (χ4v) is 3.50. The quantitative estimate of drug-likeness (QED) is 0.646. The molecule has 2 heterocycles. The number of aryl methyl sites for hydroxylation is 2. The van der Waals surface area contributed by atoms with E-state index in [1.165, 1.54) is 16.7 Å². The molecule has 140 valence electrons. The number of hydrogen-bond acceptors (Lipinski definition) is 6. The Hall–Kier alpha value is -3.00. The van der Waals surface area contributed by atoms with Crippen LogP contribution in [0.3, 0.4) is 0 Å². The van der Waals surface area contributed by atoms with Gasteiger partial charge in [0.1, 0.15) is 10.8 Å². The molecule has 0 bridgehead atoms. The van der Waals surface area contributed by atoms with Gasteiger partial charge in [0, 0.05) is 29.5 Å². The number of carboxylic acid groups (broad SMARTS) is 1. The molecule has 0 unspecified atom stereocenters. The lowest BCUT2D eigenvalue weighted by Crippen LogP contribution is -2.23. The number of rotatable bonds is 7. The summed E-state index contributed by atoms with van der Waals surface area (Å²) in [6.07, 6.45) is 0.946. The first kappa shape index (κ1) is 18.8. The van der Waals surface area contributed by atoms with E-state index >= 15 is 0 Å². The number of amides is 1. The molecule has 0 saturated heterocycles. The van der Waals surface area contributed by atoms with Crippen molar-refractivity contribution in [1.29, 1.82) is 0 Å². The summed E-state index contributed by atoms with van der Waals surface area (Å²) in [7, 11) is 0. The Balaban J connectivity index is 1.58. The largest absolute Gasteiger partial charge is 0.476 e. The molecular formula is C19H19N3O4S. The fourth-order valence-electron chi connectivity index (χ4n) is 2.71. The standard InChI is InChI=1S/C19H19N3O4S/c1-11-15(12(2)26-22-11)6-7-17(23)20-9-13-4-3-5-14(8-13)18-21-16(10-27-18)19(24)25/h3-5,8,10H,6-7,9H2,1-2H3,(H,20,23)(H,24,25). The van der Waals surface area contributed by atoms with Gasteiger partial charge >= 0.3 is 5.97 Å². The lowest BCUT2D eigenvalue weighted by atomic mass is 10.1. The summed E-state index contributed by atoms with van der Waals surface area (Å²) >= 11 is 1.28. The number of aromatic carboxylic acids is 1. The molecule has 0 aliphatic carbocycles. The van der Waals surface area contributed by atoms with Crippen LogP contribution in [-0.2, 0) is 17.8 Å². The molecule has 0 fully saturated rings. The summed E-state index contributed by atoms with van der Waals surface area (Å²) in [6.45, 7) is 4.10. The lowest BCUT2D eigenvalue weighted by Gasteiger charge is -2.07. The van der Waals surface area contributed by atoms with E-state index < -0.39 is 5.97 Å². The Kier molecular flexibility index (Phi) is 5.66. The summed E-state index contributed by atoms with van der Waals surface area (Å²) in [5.74, 6) is -0.348. The van der Waals surface area contributed by atoms with E-state index in [0.717, 1.165) is 28.1 Å². The molecule has 0 spiro atoms. The predicted octanol–water partition coefficient (Wildman–Crippen LogP) is 3.36. The van der Waals surface area contributed by atoms with Crippen LogP contribution in [0, 0.1) is 13.8 Å². The topological polar surface area (TPSA) is 105 Å². The van der Waals surface area contributed by atoms with Crippen LogP contribution in [0.4, 0.5) is 0 Å². The van der Waals surface area contributed by atoms with E-state index in [1.54, 1.807) is 0 Å². The average molecular weight is 385 g/mol.